The molecule has 1 saturated carbocycles. The molecule has 30 heavy (non-hydrogen) atoms. The molecule has 0 amide bonds. The van der Waals surface area contributed by atoms with Gasteiger partial charge in [-0.1, -0.05) is 39.0 Å². The smallest absolute Gasteiger partial charge is 0.343 e. The number of esters is 1. The summed E-state index contributed by atoms with van der Waals surface area (Å²) in [5.74, 6) is 1.17. The number of hydrogen-bond donors (Lipinski definition) is 0. The Morgan fingerprint density at radius 1 is 1.10 bits per heavy atom. The van der Waals surface area contributed by atoms with Crippen molar-refractivity contribution in [3.63, 3.8) is 0 Å². The maximum atomic E-state index is 13.6. The molecule has 0 radical (unpaired) electrons. The first-order valence-corrected chi connectivity index (χ1v) is 10.8. The van der Waals surface area contributed by atoms with Gasteiger partial charge in [0.2, 0.25) is 0 Å². The van der Waals surface area contributed by atoms with Crippen LogP contribution in [0.2, 0.25) is 0 Å². The number of nitriles is 1. The molecule has 2 unspecified atom stereocenters. The van der Waals surface area contributed by atoms with Gasteiger partial charge in [0.1, 0.15) is 23.4 Å². The highest BCUT2D eigenvalue weighted by Crippen LogP contribution is 2.35. The van der Waals surface area contributed by atoms with Crippen LogP contribution in [0.15, 0.2) is 42.5 Å². The van der Waals surface area contributed by atoms with Crippen molar-refractivity contribution in [1.82, 2.24) is 0 Å². The lowest BCUT2D eigenvalue weighted by molar-refractivity contribution is 0.0734. The summed E-state index contributed by atoms with van der Waals surface area (Å²) in [6.07, 6.45) is 8.97. The van der Waals surface area contributed by atoms with Gasteiger partial charge in [-0.05, 0) is 61.1 Å². The van der Waals surface area contributed by atoms with Gasteiger partial charge in [-0.2, -0.15) is 5.26 Å². The topological polar surface area (TPSA) is 59.3 Å². The van der Waals surface area contributed by atoms with E-state index in [9.17, 15) is 9.18 Å². The second-order valence-electron chi connectivity index (χ2n) is 7.87. The van der Waals surface area contributed by atoms with Gasteiger partial charge in [-0.15, -0.1) is 0 Å². The molecule has 3 rings (SSSR count). The minimum Gasteiger partial charge on any atom is -0.494 e. The first-order chi connectivity index (χ1) is 14.6. The number of rotatable bonds is 8. The number of carbonyl (C=O) groups excluding carboxylic acids is 1. The summed E-state index contributed by atoms with van der Waals surface area (Å²) in [4.78, 5) is 12.2. The molecular weight excluding hydrogens is 381 g/mol. The Hall–Kier alpha value is -2.87. The van der Waals surface area contributed by atoms with Crippen LogP contribution in [0, 0.1) is 29.0 Å². The number of halogens is 1. The minimum atomic E-state index is -0.718. The molecule has 4 nitrogen and oxygen atoms in total. The fourth-order valence-corrected chi connectivity index (χ4v) is 4.24. The van der Waals surface area contributed by atoms with Crippen molar-refractivity contribution in [3.8, 4) is 17.6 Å². The lowest BCUT2D eigenvalue weighted by atomic mass is 9.76. The second-order valence-corrected chi connectivity index (χ2v) is 7.87. The average molecular weight is 410 g/mol. The molecule has 0 spiro atoms. The summed E-state index contributed by atoms with van der Waals surface area (Å²) in [6, 6.07) is 12.2. The third-order valence-corrected chi connectivity index (χ3v) is 5.94. The highest BCUT2D eigenvalue weighted by atomic mass is 19.1. The van der Waals surface area contributed by atoms with Crippen LogP contribution >= 0.6 is 0 Å². The van der Waals surface area contributed by atoms with Crippen LogP contribution in [0.5, 0.6) is 11.5 Å². The van der Waals surface area contributed by atoms with Crippen molar-refractivity contribution in [2.45, 2.75) is 51.9 Å². The molecule has 0 aromatic heterocycles. The van der Waals surface area contributed by atoms with Crippen LogP contribution < -0.4 is 9.47 Å². The molecule has 158 valence electrons. The maximum Gasteiger partial charge on any atom is 0.343 e. The second kappa shape index (κ2) is 10.8. The minimum absolute atomic E-state index is 0.0601. The van der Waals surface area contributed by atoms with Crippen molar-refractivity contribution in [2.24, 2.45) is 11.8 Å². The Kier molecular flexibility index (Phi) is 7.84. The molecule has 1 aliphatic carbocycles. The molecule has 0 saturated heterocycles. The molecule has 2 aromatic carbocycles. The van der Waals surface area contributed by atoms with E-state index in [2.05, 4.69) is 6.92 Å². The summed E-state index contributed by atoms with van der Waals surface area (Å²) < 4.78 is 24.6. The van der Waals surface area contributed by atoms with Gasteiger partial charge in [0.25, 0.3) is 0 Å². The van der Waals surface area contributed by atoms with E-state index in [0.29, 0.717) is 17.9 Å². The van der Waals surface area contributed by atoms with Gasteiger partial charge in [-0.3, -0.25) is 0 Å². The van der Waals surface area contributed by atoms with E-state index in [1.807, 2.05) is 0 Å². The quantitative estimate of drug-likeness (QED) is 0.292. The van der Waals surface area contributed by atoms with Crippen molar-refractivity contribution >= 4 is 5.97 Å². The first kappa shape index (κ1) is 21.8. The van der Waals surface area contributed by atoms with Gasteiger partial charge in [0, 0.05) is 6.07 Å². The van der Waals surface area contributed by atoms with Crippen LogP contribution in [-0.2, 0) is 0 Å². The Labute approximate surface area is 177 Å². The predicted octanol–water partition coefficient (Wildman–Crippen LogP) is 6.29. The summed E-state index contributed by atoms with van der Waals surface area (Å²) in [6.45, 7) is 2.96. The van der Waals surface area contributed by atoms with Gasteiger partial charge in [0.05, 0.1) is 17.7 Å². The van der Waals surface area contributed by atoms with Crippen molar-refractivity contribution in [2.75, 3.05) is 6.61 Å². The number of ether oxygens (including phenoxy) is 2. The fraction of sp³-hybridized carbons (Fsp3) is 0.440. The van der Waals surface area contributed by atoms with E-state index in [-0.39, 0.29) is 11.3 Å². The lowest BCUT2D eigenvalue weighted by Crippen LogP contribution is -2.19. The van der Waals surface area contributed by atoms with Gasteiger partial charge >= 0.3 is 5.97 Å². The monoisotopic (exact) mass is 409 g/mol. The van der Waals surface area contributed by atoms with Gasteiger partial charge < -0.3 is 9.47 Å². The SMILES string of the molecule is CCC1CCCCC1CCCOc1ccc(C(=O)Oc2ccc(C#N)c(F)c2)cc1. The molecule has 0 bridgehead atoms. The number of carbonyl (C=O) groups is 1. The normalized spacial score (nSPS) is 18.4. The largest absolute Gasteiger partial charge is 0.494 e. The highest BCUT2D eigenvalue weighted by molar-refractivity contribution is 5.91. The summed E-state index contributed by atoms with van der Waals surface area (Å²) in [5.41, 5.74) is 0.255. The van der Waals surface area contributed by atoms with Gasteiger partial charge in [-0.25, -0.2) is 9.18 Å². The third-order valence-electron chi connectivity index (χ3n) is 5.94. The fourth-order valence-electron chi connectivity index (χ4n) is 4.24. The Bertz CT molecular complexity index is 888. The lowest BCUT2D eigenvalue weighted by Gasteiger charge is -2.30. The van der Waals surface area contributed by atoms with E-state index in [4.69, 9.17) is 14.7 Å². The molecule has 2 atom stereocenters. The molecule has 0 heterocycles. The Balaban J connectivity index is 1.45. The van der Waals surface area contributed by atoms with Crippen LogP contribution in [0.4, 0.5) is 4.39 Å². The summed E-state index contributed by atoms with van der Waals surface area (Å²) in [7, 11) is 0. The van der Waals surface area contributed by atoms with Crippen LogP contribution in [0.1, 0.15) is 67.8 Å². The summed E-state index contributed by atoms with van der Waals surface area (Å²) in [5, 5.41) is 8.75. The zero-order valence-corrected chi connectivity index (χ0v) is 17.4. The third kappa shape index (κ3) is 5.82. The number of benzene rings is 2. The molecule has 0 aliphatic heterocycles. The molecular formula is C25H28FNO3. The van der Waals surface area contributed by atoms with Crippen molar-refractivity contribution in [3.05, 3.63) is 59.4 Å². The number of nitrogens with zero attached hydrogens (tertiary/aromatic N) is 1. The molecule has 0 N–H and O–H groups in total. The summed E-state index contributed by atoms with van der Waals surface area (Å²) >= 11 is 0. The molecule has 5 heteroatoms. The Morgan fingerprint density at radius 3 is 2.47 bits per heavy atom. The standard InChI is InChI=1S/C25H28FNO3/c1-2-18-6-3-4-7-19(18)8-5-15-29-22-12-9-20(10-13-22)25(28)30-23-14-11-21(17-27)24(26)16-23/h9-14,16,18-19H,2-8,15H2,1H3. The van der Waals surface area contributed by atoms with Crippen LogP contribution in [-0.4, -0.2) is 12.6 Å². The average Bonchev–Trinajstić information content (AvgIpc) is 2.77. The molecule has 2 aromatic rings. The van der Waals surface area contributed by atoms with E-state index in [1.54, 1.807) is 30.3 Å². The van der Waals surface area contributed by atoms with Crippen LogP contribution in [0.25, 0.3) is 0 Å². The molecule has 1 fully saturated rings. The predicted molar refractivity (Wildman–Crippen MR) is 113 cm³/mol. The molecule has 1 aliphatic rings. The maximum absolute atomic E-state index is 13.6. The van der Waals surface area contributed by atoms with E-state index >= 15 is 0 Å². The van der Waals surface area contributed by atoms with E-state index in [1.165, 1.54) is 50.7 Å². The zero-order chi connectivity index (χ0) is 21.3. The van der Waals surface area contributed by atoms with Gasteiger partial charge in [0.15, 0.2) is 0 Å². The van der Waals surface area contributed by atoms with Crippen LogP contribution in [0.3, 0.4) is 0 Å². The van der Waals surface area contributed by atoms with Crippen molar-refractivity contribution < 1.29 is 18.7 Å². The zero-order valence-electron chi connectivity index (χ0n) is 17.4. The Morgan fingerprint density at radius 2 is 1.80 bits per heavy atom. The van der Waals surface area contributed by atoms with E-state index in [0.717, 1.165) is 24.3 Å². The van der Waals surface area contributed by atoms with Crippen molar-refractivity contribution in [1.29, 1.82) is 5.26 Å². The van der Waals surface area contributed by atoms with E-state index < -0.39 is 11.8 Å². The highest BCUT2D eigenvalue weighted by Gasteiger charge is 2.22. The number of hydrogen-bond acceptors (Lipinski definition) is 4. The first-order valence-electron chi connectivity index (χ1n) is 10.8.